The number of hydrogen-bond acceptors (Lipinski definition) is 5. The number of rotatable bonds is 5. The molecule has 2 N–H and O–H groups in total. The number of nitrogens with two attached hydrogens (primary N) is 1. The summed E-state index contributed by atoms with van der Waals surface area (Å²) in [4.78, 5) is 8.49. The molecular weight excluding hydrogens is 254 g/mol. The summed E-state index contributed by atoms with van der Waals surface area (Å²) in [6.07, 6.45) is 0.0534. The van der Waals surface area contributed by atoms with Gasteiger partial charge in [-0.3, -0.25) is 0 Å². The molecule has 2 aromatic rings. The lowest BCUT2D eigenvalue weighted by Gasteiger charge is -2.11. The summed E-state index contributed by atoms with van der Waals surface area (Å²) in [5.74, 6) is 1.17. The van der Waals surface area contributed by atoms with Crippen LogP contribution in [0.5, 0.6) is 17.6 Å². The van der Waals surface area contributed by atoms with Crippen LogP contribution in [0.1, 0.15) is 25.1 Å². The van der Waals surface area contributed by atoms with E-state index in [1.54, 1.807) is 6.07 Å². The fraction of sp³-hybridized carbons (Fsp3) is 0.333. The lowest BCUT2D eigenvalue weighted by atomic mass is 10.2. The van der Waals surface area contributed by atoms with Crippen LogP contribution in [0.2, 0.25) is 0 Å². The van der Waals surface area contributed by atoms with Gasteiger partial charge in [0.05, 0.1) is 6.10 Å². The second-order valence-electron chi connectivity index (χ2n) is 4.75. The second kappa shape index (κ2) is 6.34. The van der Waals surface area contributed by atoms with Crippen LogP contribution in [0, 0.1) is 6.92 Å². The second-order valence-corrected chi connectivity index (χ2v) is 4.75. The minimum atomic E-state index is 0.0534. The van der Waals surface area contributed by atoms with E-state index in [-0.39, 0.29) is 12.1 Å². The number of hydrogen-bond donors (Lipinski definition) is 1. The lowest BCUT2D eigenvalue weighted by Crippen LogP contribution is -2.08. The van der Waals surface area contributed by atoms with Crippen LogP contribution >= 0.6 is 0 Å². The molecule has 0 fully saturated rings. The van der Waals surface area contributed by atoms with Crippen molar-refractivity contribution in [2.24, 2.45) is 5.73 Å². The van der Waals surface area contributed by atoms with Crippen LogP contribution in [0.25, 0.3) is 0 Å². The van der Waals surface area contributed by atoms with Crippen molar-refractivity contribution in [3.05, 3.63) is 41.6 Å². The molecule has 20 heavy (non-hydrogen) atoms. The first-order valence-electron chi connectivity index (χ1n) is 6.56. The van der Waals surface area contributed by atoms with E-state index in [0.717, 1.165) is 11.3 Å². The molecule has 1 heterocycles. The molecule has 106 valence electrons. The van der Waals surface area contributed by atoms with Crippen LogP contribution in [0.15, 0.2) is 30.3 Å². The third kappa shape index (κ3) is 3.93. The highest BCUT2D eigenvalue weighted by Crippen LogP contribution is 2.22. The molecule has 0 aliphatic carbocycles. The summed E-state index contributed by atoms with van der Waals surface area (Å²) in [6.45, 7) is 6.23. The van der Waals surface area contributed by atoms with Gasteiger partial charge in [-0.05, 0) is 38.5 Å². The molecule has 0 aliphatic rings. The Bertz CT molecular complexity index is 585. The molecule has 0 atom stereocenters. The predicted octanol–water partition coefficient (Wildman–Crippen LogP) is 2.82. The zero-order chi connectivity index (χ0) is 14.5. The SMILES string of the molecule is Cc1cc(OC(C)C)nc(Oc2cccc(CN)c2)n1. The number of ether oxygens (including phenoxy) is 2. The van der Waals surface area contributed by atoms with Crippen molar-refractivity contribution >= 4 is 0 Å². The van der Waals surface area contributed by atoms with Gasteiger partial charge in [-0.25, -0.2) is 0 Å². The van der Waals surface area contributed by atoms with Gasteiger partial charge in [0, 0.05) is 18.3 Å². The standard InChI is InChI=1S/C15H19N3O2/c1-10(2)19-14-7-11(3)17-15(18-14)20-13-6-4-5-12(8-13)9-16/h4-8,10H,9,16H2,1-3H3. The largest absolute Gasteiger partial charge is 0.475 e. The van der Waals surface area contributed by atoms with Crippen LogP contribution < -0.4 is 15.2 Å². The van der Waals surface area contributed by atoms with Crippen LogP contribution in [-0.2, 0) is 6.54 Å². The van der Waals surface area contributed by atoms with E-state index < -0.39 is 0 Å². The maximum absolute atomic E-state index is 5.67. The zero-order valence-corrected chi connectivity index (χ0v) is 12.0. The molecule has 0 bridgehead atoms. The normalized spacial score (nSPS) is 10.7. The Morgan fingerprint density at radius 2 is 2.00 bits per heavy atom. The summed E-state index contributed by atoms with van der Waals surface area (Å²) in [7, 11) is 0. The maximum atomic E-state index is 5.67. The molecule has 1 aromatic carbocycles. The van der Waals surface area contributed by atoms with Crippen molar-refractivity contribution < 1.29 is 9.47 Å². The zero-order valence-electron chi connectivity index (χ0n) is 12.0. The first kappa shape index (κ1) is 14.3. The number of aromatic nitrogens is 2. The highest BCUT2D eigenvalue weighted by molar-refractivity contribution is 5.31. The number of aryl methyl sites for hydroxylation is 1. The average molecular weight is 273 g/mol. The first-order valence-corrected chi connectivity index (χ1v) is 6.56. The Hall–Kier alpha value is -2.14. The Morgan fingerprint density at radius 1 is 1.20 bits per heavy atom. The smallest absolute Gasteiger partial charge is 0.325 e. The Labute approximate surface area is 118 Å². The minimum Gasteiger partial charge on any atom is -0.475 e. The maximum Gasteiger partial charge on any atom is 0.325 e. The monoisotopic (exact) mass is 273 g/mol. The first-order chi connectivity index (χ1) is 9.56. The summed E-state index contributed by atoms with van der Waals surface area (Å²) in [5, 5.41) is 0. The lowest BCUT2D eigenvalue weighted by molar-refractivity contribution is 0.229. The summed E-state index contributed by atoms with van der Waals surface area (Å²) in [5.41, 5.74) is 7.39. The molecule has 0 saturated heterocycles. The molecule has 5 heteroatoms. The summed E-state index contributed by atoms with van der Waals surface area (Å²) >= 11 is 0. The molecule has 0 spiro atoms. The third-order valence-electron chi connectivity index (χ3n) is 2.51. The highest BCUT2D eigenvalue weighted by Gasteiger charge is 2.07. The predicted molar refractivity (Wildman–Crippen MR) is 76.9 cm³/mol. The highest BCUT2D eigenvalue weighted by atomic mass is 16.5. The average Bonchev–Trinajstić information content (AvgIpc) is 2.37. The molecular formula is C15H19N3O2. The van der Waals surface area contributed by atoms with Crippen molar-refractivity contribution in [3.63, 3.8) is 0 Å². The summed E-state index contributed by atoms with van der Waals surface area (Å²) < 4.78 is 11.2. The van der Waals surface area contributed by atoms with Crippen molar-refractivity contribution in [1.82, 2.24) is 9.97 Å². The van der Waals surface area contributed by atoms with Gasteiger partial charge in [0.2, 0.25) is 5.88 Å². The minimum absolute atomic E-state index is 0.0534. The van der Waals surface area contributed by atoms with Gasteiger partial charge in [0.1, 0.15) is 5.75 Å². The van der Waals surface area contributed by atoms with Crippen molar-refractivity contribution in [2.75, 3.05) is 0 Å². The van der Waals surface area contributed by atoms with Gasteiger partial charge < -0.3 is 15.2 Å². The molecule has 0 radical (unpaired) electrons. The topological polar surface area (TPSA) is 70.3 Å². The van der Waals surface area contributed by atoms with Gasteiger partial charge in [0.25, 0.3) is 0 Å². The van der Waals surface area contributed by atoms with Crippen molar-refractivity contribution in [2.45, 2.75) is 33.4 Å². The Morgan fingerprint density at radius 3 is 2.70 bits per heavy atom. The van der Waals surface area contributed by atoms with Gasteiger partial charge in [-0.2, -0.15) is 9.97 Å². The van der Waals surface area contributed by atoms with E-state index in [1.807, 2.05) is 45.0 Å². The van der Waals surface area contributed by atoms with Crippen molar-refractivity contribution in [3.8, 4) is 17.6 Å². The Balaban J connectivity index is 2.21. The molecule has 1 aromatic heterocycles. The van der Waals surface area contributed by atoms with Crippen molar-refractivity contribution in [1.29, 1.82) is 0 Å². The van der Waals surface area contributed by atoms with E-state index in [9.17, 15) is 0 Å². The van der Waals surface area contributed by atoms with E-state index in [0.29, 0.717) is 18.2 Å². The number of benzene rings is 1. The van der Waals surface area contributed by atoms with Gasteiger partial charge in [-0.1, -0.05) is 12.1 Å². The molecule has 2 rings (SSSR count). The van der Waals surface area contributed by atoms with Gasteiger partial charge in [0.15, 0.2) is 0 Å². The van der Waals surface area contributed by atoms with Gasteiger partial charge in [-0.15, -0.1) is 0 Å². The molecule has 0 aliphatic heterocycles. The van der Waals surface area contributed by atoms with Crippen LogP contribution in [0.3, 0.4) is 0 Å². The van der Waals surface area contributed by atoms with E-state index in [1.165, 1.54) is 0 Å². The molecule has 0 saturated carbocycles. The molecule has 0 amide bonds. The number of nitrogens with zero attached hydrogens (tertiary/aromatic N) is 2. The summed E-state index contributed by atoms with van der Waals surface area (Å²) in [6, 6.07) is 9.59. The van der Waals surface area contributed by atoms with E-state index in [2.05, 4.69) is 9.97 Å². The third-order valence-corrected chi connectivity index (χ3v) is 2.51. The van der Waals surface area contributed by atoms with Gasteiger partial charge >= 0.3 is 6.01 Å². The quantitative estimate of drug-likeness (QED) is 0.907. The molecule has 0 unspecified atom stereocenters. The van der Waals surface area contributed by atoms with E-state index in [4.69, 9.17) is 15.2 Å². The fourth-order valence-corrected chi connectivity index (χ4v) is 1.70. The molecule has 5 nitrogen and oxygen atoms in total. The van der Waals surface area contributed by atoms with Crippen LogP contribution in [0.4, 0.5) is 0 Å². The fourth-order valence-electron chi connectivity index (χ4n) is 1.70. The van der Waals surface area contributed by atoms with Crippen LogP contribution in [-0.4, -0.2) is 16.1 Å². The van der Waals surface area contributed by atoms with E-state index >= 15 is 0 Å². The Kier molecular flexibility index (Phi) is 4.53.